The molecule has 8 nitrogen and oxygen atoms in total. The molecule has 40 heavy (non-hydrogen) atoms. The van der Waals surface area contributed by atoms with Crippen LogP contribution in [0.3, 0.4) is 0 Å². The summed E-state index contributed by atoms with van der Waals surface area (Å²) >= 11 is 0. The topological polar surface area (TPSA) is 125 Å². The molecule has 0 spiro atoms. The van der Waals surface area contributed by atoms with Crippen molar-refractivity contribution >= 4 is 16.4 Å². The van der Waals surface area contributed by atoms with Gasteiger partial charge in [-0.05, 0) is 90.8 Å². The molecule has 0 aromatic heterocycles. The Morgan fingerprint density at radius 1 is 1.07 bits per heavy atom. The number of hydrogen-bond acceptors (Lipinski definition) is 8. The second-order valence-corrected chi connectivity index (χ2v) is 15.2. The number of ether oxygens (including phenoxy) is 2. The molecule has 13 atom stereocenters. The van der Waals surface area contributed by atoms with Gasteiger partial charge in [-0.1, -0.05) is 53.2 Å². The van der Waals surface area contributed by atoms with E-state index in [0.717, 1.165) is 19.3 Å². The number of aliphatic hydroxyl groups excluding tert-OH is 1. The van der Waals surface area contributed by atoms with E-state index in [0.29, 0.717) is 54.6 Å². The van der Waals surface area contributed by atoms with Gasteiger partial charge in [0.25, 0.3) is 0 Å². The summed E-state index contributed by atoms with van der Waals surface area (Å²) in [6.45, 7) is 15.0. The molecule has 4 aliphatic carbocycles. The number of fused-ring (bicyclic) bond motifs is 5. The third-order valence-corrected chi connectivity index (χ3v) is 12.5. The molecule has 5 aliphatic rings. The van der Waals surface area contributed by atoms with Gasteiger partial charge in [0.1, 0.15) is 6.10 Å². The molecule has 0 amide bonds. The average molecular weight is 591 g/mol. The van der Waals surface area contributed by atoms with Crippen LogP contribution in [0.2, 0.25) is 0 Å². The van der Waals surface area contributed by atoms with Crippen LogP contribution in [0, 0.1) is 52.3 Å². The Hall–Kier alpha value is -0.000000000000000222. The molecule has 0 aromatic rings. The molecule has 1 heterocycles. The Labute approximate surface area is 262 Å². The third kappa shape index (κ3) is 5.64. The first kappa shape index (κ1) is 32.9. The zero-order valence-electron chi connectivity index (χ0n) is 25.5. The Balaban J connectivity index is 0.00000370. The standard InChI is InChI=1S/C30H48O8S.Na/c1-15(2)16(3)25-26(37-25)17(4)20-10-11-21-19-8-9-23-27(38-39(33,34)35)28(36-18(5)31)24(32)14-30(23,7)22(19)12-13-29(20,21)6;/h8,15-17,20-28,32H,9-14H2,1-7H3,(H,33,34,35);/q;+1/p-1/t16-,17+,20-,21+,22+,23?,24-,25+,26+,27+,28+,29-,30-;/m1./s1. The van der Waals surface area contributed by atoms with Crippen molar-refractivity contribution in [2.24, 2.45) is 52.3 Å². The van der Waals surface area contributed by atoms with Crippen LogP contribution in [0.25, 0.3) is 0 Å². The first-order valence-electron chi connectivity index (χ1n) is 14.9. The molecule has 0 aromatic carbocycles. The van der Waals surface area contributed by atoms with Crippen molar-refractivity contribution in [1.29, 1.82) is 0 Å². The molecule has 1 N–H and O–H groups in total. The number of epoxide rings is 1. The minimum Gasteiger partial charge on any atom is -0.726 e. The minimum atomic E-state index is -5.07. The predicted molar refractivity (Wildman–Crippen MR) is 144 cm³/mol. The van der Waals surface area contributed by atoms with Gasteiger partial charge in [-0.2, -0.15) is 0 Å². The second kappa shape index (κ2) is 11.5. The van der Waals surface area contributed by atoms with Crippen LogP contribution in [0.1, 0.15) is 87.0 Å². The summed E-state index contributed by atoms with van der Waals surface area (Å²) < 4.78 is 51.8. The molecule has 222 valence electrons. The van der Waals surface area contributed by atoms with Gasteiger partial charge in [0, 0.05) is 6.92 Å². The van der Waals surface area contributed by atoms with E-state index >= 15 is 0 Å². The fraction of sp³-hybridized carbons (Fsp3) is 0.900. The number of hydrogen-bond donors (Lipinski definition) is 1. The maximum Gasteiger partial charge on any atom is 1.00 e. The van der Waals surface area contributed by atoms with E-state index in [1.54, 1.807) is 0 Å². The Kier molecular flexibility index (Phi) is 9.45. The van der Waals surface area contributed by atoms with Crippen LogP contribution in [-0.4, -0.2) is 54.6 Å². The zero-order chi connectivity index (χ0) is 28.7. The maximum atomic E-state index is 11.8. The molecule has 1 unspecified atom stereocenters. The molecular formula is C30H47NaO8S. The van der Waals surface area contributed by atoms with Gasteiger partial charge in [0.15, 0.2) is 6.10 Å². The second-order valence-electron chi connectivity index (χ2n) is 14.2. The fourth-order valence-electron chi connectivity index (χ4n) is 9.69. The predicted octanol–water partition coefficient (Wildman–Crippen LogP) is 1.62. The van der Waals surface area contributed by atoms with Gasteiger partial charge in [-0.25, -0.2) is 8.42 Å². The van der Waals surface area contributed by atoms with E-state index in [2.05, 4.69) is 47.6 Å². The van der Waals surface area contributed by atoms with Crippen molar-refractivity contribution in [2.45, 2.75) is 118 Å². The van der Waals surface area contributed by atoms with E-state index < -0.39 is 40.1 Å². The molecule has 0 radical (unpaired) electrons. The normalized spacial score (nSPS) is 45.8. The van der Waals surface area contributed by atoms with Gasteiger partial charge < -0.3 is 19.1 Å². The van der Waals surface area contributed by atoms with Crippen molar-refractivity contribution < 1.29 is 66.1 Å². The van der Waals surface area contributed by atoms with Crippen molar-refractivity contribution in [3.63, 3.8) is 0 Å². The Morgan fingerprint density at radius 3 is 2.33 bits per heavy atom. The van der Waals surface area contributed by atoms with E-state index in [1.807, 2.05) is 0 Å². The monoisotopic (exact) mass is 590 g/mol. The quantitative estimate of drug-likeness (QED) is 0.118. The smallest absolute Gasteiger partial charge is 0.726 e. The summed E-state index contributed by atoms with van der Waals surface area (Å²) in [4.78, 5) is 11.8. The molecular weight excluding hydrogens is 543 g/mol. The van der Waals surface area contributed by atoms with Crippen LogP contribution in [-0.2, 0) is 28.9 Å². The van der Waals surface area contributed by atoms with E-state index in [4.69, 9.17) is 13.7 Å². The number of esters is 1. The number of aliphatic hydroxyl groups is 1. The number of allylic oxidation sites excluding steroid dienone is 2. The summed E-state index contributed by atoms with van der Waals surface area (Å²) in [7, 11) is -5.07. The molecule has 4 fully saturated rings. The summed E-state index contributed by atoms with van der Waals surface area (Å²) in [5, 5.41) is 11.1. The van der Waals surface area contributed by atoms with Gasteiger partial charge in [0.05, 0.1) is 18.3 Å². The molecule has 10 heteroatoms. The Bertz CT molecular complexity index is 1110. The molecule has 1 aliphatic heterocycles. The minimum absolute atomic E-state index is 0. The van der Waals surface area contributed by atoms with Crippen molar-refractivity contribution in [1.82, 2.24) is 0 Å². The summed E-state index contributed by atoms with van der Waals surface area (Å²) in [6.07, 6.45) is 4.63. The van der Waals surface area contributed by atoms with Crippen LogP contribution in [0.4, 0.5) is 0 Å². The zero-order valence-corrected chi connectivity index (χ0v) is 28.3. The number of carbonyl (C=O) groups excluding carboxylic acids is 1. The van der Waals surface area contributed by atoms with Crippen LogP contribution in [0.5, 0.6) is 0 Å². The van der Waals surface area contributed by atoms with Gasteiger partial charge >= 0.3 is 35.5 Å². The van der Waals surface area contributed by atoms with Crippen LogP contribution >= 0.6 is 0 Å². The van der Waals surface area contributed by atoms with E-state index in [1.165, 1.54) is 18.9 Å². The molecule has 1 saturated heterocycles. The van der Waals surface area contributed by atoms with E-state index in [-0.39, 0.29) is 46.8 Å². The first-order chi connectivity index (χ1) is 18.1. The number of rotatable bonds is 7. The molecule has 0 bridgehead atoms. The van der Waals surface area contributed by atoms with Crippen molar-refractivity contribution in [3.05, 3.63) is 11.6 Å². The van der Waals surface area contributed by atoms with E-state index in [9.17, 15) is 22.9 Å². The summed E-state index contributed by atoms with van der Waals surface area (Å²) in [6, 6.07) is 0. The third-order valence-electron chi connectivity index (χ3n) is 12.0. The van der Waals surface area contributed by atoms with Crippen molar-refractivity contribution in [2.75, 3.05) is 0 Å². The molecule has 5 rings (SSSR count). The maximum absolute atomic E-state index is 11.8. The van der Waals surface area contributed by atoms with Crippen molar-refractivity contribution in [3.8, 4) is 0 Å². The van der Waals surface area contributed by atoms with Gasteiger partial charge in [0.2, 0.25) is 10.4 Å². The summed E-state index contributed by atoms with van der Waals surface area (Å²) in [5.74, 6) is 1.82. The Morgan fingerprint density at radius 2 is 1.73 bits per heavy atom. The number of carbonyl (C=O) groups is 1. The average Bonchev–Trinajstić information content (AvgIpc) is 3.53. The molecule has 3 saturated carbocycles. The van der Waals surface area contributed by atoms with Gasteiger partial charge in [-0.3, -0.25) is 8.98 Å². The fourth-order valence-corrected chi connectivity index (χ4v) is 10.2. The SMILES string of the molecule is CC(=O)O[C@H]1[C@H](O)C[C@@]2(C)C(CC=C3[C@@H]4CC[C@H]([C@H](C)[C@@H]5O[C@H]5[C@H](C)C(C)C)[C@@]4(C)CC[C@@H]32)[C@@H]1OS(=O)(=O)[O-].[Na+]. The largest absolute Gasteiger partial charge is 1.00 e. The summed E-state index contributed by atoms with van der Waals surface area (Å²) in [5.41, 5.74) is 1.13. The van der Waals surface area contributed by atoms with Crippen LogP contribution < -0.4 is 29.6 Å². The van der Waals surface area contributed by atoms with Crippen LogP contribution in [0.15, 0.2) is 11.6 Å². The van der Waals surface area contributed by atoms with Gasteiger partial charge in [-0.15, -0.1) is 0 Å². The first-order valence-corrected chi connectivity index (χ1v) is 16.3.